The maximum Gasteiger partial charge on any atom is 0.310 e. The Labute approximate surface area is 143 Å². The molecule has 0 rings (SSSR count). The molecule has 0 bridgehead atoms. The zero-order chi connectivity index (χ0) is 17.2. The standard InChI is InChI=1S/C20H38O3/c1-3-4-5-6-7-8-9-10-11-12-13-14-15-16-17-19(18-21)20(22)23-2/h10-11,19,21H,3-9,12-18H2,1-2H3/b11-10-/t19-/m1/s1. The Hall–Kier alpha value is -0.830. The van der Waals surface area contributed by atoms with Gasteiger partial charge in [-0.1, -0.05) is 70.4 Å². The summed E-state index contributed by atoms with van der Waals surface area (Å²) in [4.78, 5) is 11.3. The predicted octanol–water partition coefficient (Wildman–Crippen LogP) is 5.42. The van der Waals surface area contributed by atoms with Gasteiger partial charge < -0.3 is 9.84 Å². The number of methoxy groups -OCH3 is 1. The number of esters is 1. The minimum Gasteiger partial charge on any atom is -0.469 e. The van der Waals surface area contributed by atoms with Crippen LogP contribution in [0.2, 0.25) is 0 Å². The summed E-state index contributed by atoms with van der Waals surface area (Å²) in [7, 11) is 1.38. The summed E-state index contributed by atoms with van der Waals surface area (Å²) in [6, 6.07) is 0. The van der Waals surface area contributed by atoms with Crippen molar-refractivity contribution in [1.29, 1.82) is 0 Å². The first-order chi connectivity index (χ1) is 11.3. The number of unbranched alkanes of at least 4 members (excludes halogenated alkanes) is 10. The lowest BCUT2D eigenvalue weighted by Gasteiger charge is -2.10. The molecule has 0 saturated heterocycles. The zero-order valence-electron chi connectivity index (χ0n) is 15.4. The minimum atomic E-state index is -0.336. The van der Waals surface area contributed by atoms with Gasteiger partial charge in [-0.25, -0.2) is 0 Å². The molecule has 23 heavy (non-hydrogen) atoms. The van der Waals surface area contributed by atoms with E-state index in [2.05, 4.69) is 23.8 Å². The topological polar surface area (TPSA) is 46.5 Å². The number of hydrogen-bond acceptors (Lipinski definition) is 3. The summed E-state index contributed by atoms with van der Waals surface area (Å²) in [6.07, 6.45) is 20.5. The fourth-order valence-electron chi connectivity index (χ4n) is 2.74. The largest absolute Gasteiger partial charge is 0.469 e. The monoisotopic (exact) mass is 326 g/mol. The molecule has 0 amide bonds. The van der Waals surface area contributed by atoms with Gasteiger partial charge in [-0.05, 0) is 32.1 Å². The molecule has 0 spiro atoms. The van der Waals surface area contributed by atoms with Gasteiger partial charge in [0, 0.05) is 0 Å². The first kappa shape index (κ1) is 22.2. The van der Waals surface area contributed by atoms with Crippen molar-refractivity contribution >= 4 is 5.97 Å². The van der Waals surface area contributed by atoms with Gasteiger partial charge in [0.2, 0.25) is 0 Å². The van der Waals surface area contributed by atoms with E-state index in [9.17, 15) is 4.79 Å². The smallest absolute Gasteiger partial charge is 0.310 e. The highest BCUT2D eigenvalue weighted by Gasteiger charge is 2.16. The van der Waals surface area contributed by atoms with Gasteiger partial charge in [0.05, 0.1) is 19.6 Å². The molecule has 0 fully saturated rings. The molecule has 0 aromatic carbocycles. The third kappa shape index (κ3) is 14.5. The summed E-state index contributed by atoms with van der Waals surface area (Å²) < 4.78 is 4.66. The average Bonchev–Trinajstić information content (AvgIpc) is 2.58. The van der Waals surface area contributed by atoms with Crippen LogP contribution >= 0.6 is 0 Å². The van der Waals surface area contributed by atoms with Crippen LogP contribution in [0.3, 0.4) is 0 Å². The first-order valence-corrected chi connectivity index (χ1v) is 9.59. The summed E-state index contributed by atoms with van der Waals surface area (Å²) in [5.74, 6) is -0.623. The molecule has 0 aliphatic rings. The van der Waals surface area contributed by atoms with Gasteiger partial charge in [0.1, 0.15) is 0 Å². The van der Waals surface area contributed by atoms with E-state index in [0.29, 0.717) is 0 Å². The van der Waals surface area contributed by atoms with Gasteiger partial charge in [-0.3, -0.25) is 4.79 Å². The molecular formula is C20H38O3. The van der Waals surface area contributed by atoms with Gasteiger partial charge in [0.15, 0.2) is 0 Å². The number of allylic oxidation sites excluding steroid dienone is 2. The maximum absolute atomic E-state index is 11.3. The lowest BCUT2D eigenvalue weighted by molar-refractivity contribution is -0.147. The van der Waals surface area contributed by atoms with Crippen molar-refractivity contribution in [3.05, 3.63) is 12.2 Å². The van der Waals surface area contributed by atoms with Gasteiger partial charge in [0.25, 0.3) is 0 Å². The Bertz CT molecular complexity index is 287. The highest BCUT2D eigenvalue weighted by Crippen LogP contribution is 2.13. The number of aliphatic hydroxyl groups excluding tert-OH is 1. The summed E-state index contributed by atoms with van der Waals surface area (Å²) >= 11 is 0. The van der Waals surface area contributed by atoms with Crippen molar-refractivity contribution in [2.24, 2.45) is 5.92 Å². The fourth-order valence-corrected chi connectivity index (χ4v) is 2.74. The highest BCUT2D eigenvalue weighted by atomic mass is 16.5. The third-order valence-electron chi connectivity index (χ3n) is 4.32. The Morgan fingerprint density at radius 3 is 1.96 bits per heavy atom. The van der Waals surface area contributed by atoms with Crippen molar-refractivity contribution in [3.8, 4) is 0 Å². The zero-order valence-corrected chi connectivity index (χ0v) is 15.4. The Morgan fingerprint density at radius 2 is 1.43 bits per heavy atom. The molecular weight excluding hydrogens is 288 g/mol. The van der Waals surface area contributed by atoms with E-state index >= 15 is 0 Å². The van der Waals surface area contributed by atoms with Gasteiger partial charge in [-0.15, -0.1) is 0 Å². The van der Waals surface area contributed by atoms with Crippen molar-refractivity contribution in [1.82, 2.24) is 0 Å². The first-order valence-electron chi connectivity index (χ1n) is 9.59. The Balaban J connectivity index is 3.32. The summed E-state index contributed by atoms with van der Waals surface area (Å²) in [5, 5.41) is 9.12. The van der Waals surface area contributed by atoms with E-state index < -0.39 is 0 Å². The van der Waals surface area contributed by atoms with Crippen LogP contribution in [0.4, 0.5) is 0 Å². The normalized spacial score (nSPS) is 12.7. The van der Waals surface area contributed by atoms with Gasteiger partial charge in [-0.2, -0.15) is 0 Å². The second-order valence-electron chi connectivity index (χ2n) is 6.42. The van der Waals surface area contributed by atoms with Crippen molar-refractivity contribution < 1.29 is 14.6 Å². The SMILES string of the molecule is CCCCCCCC/C=C\CCCCCC[C@H](CO)C(=O)OC. The number of hydrogen-bond donors (Lipinski definition) is 1. The number of rotatable bonds is 16. The molecule has 0 unspecified atom stereocenters. The average molecular weight is 327 g/mol. The van der Waals surface area contributed by atoms with Gasteiger partial charge >= 0.3 is 5.97 Å². The molecule has 0 aromatic rings. The molecule has 136 valence electrons. The number of carbonyl (C=O) groups is 1. The number of aliphatic hydroxyl groups is 1. The molecule has 0 heterocycles. The fraction of sp³-hybridized carbons (Fsp3) is 0.850. The molecule has 0 aliphatic carbocycles. The molecule has 0 radical (unpaired) electrons. The molecule has 0 aliphatic heterocycles. The maximum atomic E-state index is 11.3. The van der Waals surface area contributed by atoms with Crippen LogP contribution in [0.15, 0.2) is 12.2 Å². The summed E-state index contributed by atoms with van der Waals surface area (Å²) in [5.41, 5.74) is 0. The molecule has 1 N–H and O–H groups in total. The summed E-state index contributed by atoms with van der Waals surface area (Å²) in [6.45, 7) is 2.15. The van der Waals surface area contributed by atoms with E-state index in [1.54, 1.807) is 0 Å². The Kier molecular flexibility index (Phi) is 16.9. The molecule has 0 saturated carbocycles. The molecule has 3 heteroatoms. The highest BCUT2D eigenvalue weighted by molar-refractivity contribution is 5.72. The second kappa shape index (κ2) is 17.5. The van der Waals surface area contributed by atoms with Crippen LogP contribution in [0.5, 0.6) is 0 Å². The number of carbonyl (C=O) groups excluding carboxylic acids is 1. The second-order valence-corrected chi connectivity index (χ2v) is 6.42. The molecule has 0 aromatic heterocycles. The van der Waals surface area contributed by atoms with E-state index in [1.807, 2.05) is 0 Å². The Morgan fingerprint density at radius 1 is 0.913 bits per heavy atom. The van der Waals surface area contributed by atoms with E-state index in [-0.39, 0.29) is 18.5 Å². The van der Waals surface area contributed by atoms with Crippen LogP contribution in [0.25, 0.3) is 0 Å². The van der Waals surface area contributed by atoms with Crippen molar-refractivity contribution in [3.63, 3.8) is 0 Å². The quantitative estimate of drug-likeness (QED) is 0.234. The van der Waals surface area contributed by atoms with Crippen LogP contribution in [-0.4, -0.2) is 24.8 Å². The molecule has 3 nitrogen and oxygen atoms in total. The lowest BCUT2D eigenvalue weighted by Crippen LogP contribution is -2.19. The van der Waals surface area contributed by atoms with E-state index in [1.165, 1.54) is 64.9 Å². The van der Waals surface area contributed by atoms with E-state index in [4.69, 9.17) is 5.11 Å². The van der Waals surface area contributed by atoms with Crippen LogP contribution < -0.4 is 0 Å². The van der Waals surface area contributed by atoms with Crippen LogP contribution in [0, 0.1) is 5.92 Å². The molecule has 1 atom stereocenters. The number of ether oxygens (including phenoxy) is 1. The van der Waals surface area contributed by atoms with E-state index in [0.717, 1.165) is 25.7 Å². The van der Waals surface area contributed by atoms with Crippen LogP contribution in [0.1, 0.15) is 90.4 Å². The van der Waals surface area contributed by atoms with Crippen LogP contribution in [-0.2, 0) is 9.53 Å². The van der Waals surface area contributed by atoms with Crippen molar-refractivity contribution in [2.45, 2.75) is 90.4 Å². The van der Waals surface area contributed by atoms with Crippen molar-refractivity contribution in [2.75, 3.05) is 13.7 Å². The predicted molar refractivity (Wildman–Crippen MR) is 97.4 cm³/mol. The lowest BCUT2D eigenvalue weighted by atomic mass is 10.0. The minimum absolute atomic E-state index is 0.103. The third-order valence-corrected chi connectivity index (χ3v) is 4.32.